The molecule has 2 heterocycles. The van der Waals surface area contributed by atoms with Crippen molar-refractivity contribution in [3.8, 4) is 0 Å². The summed E-state index contributed by atoms with van der Waals surface area (Å²) in [5.41, 5.74) is 1.95. The van der Waals surface area contributed by atoms with Gasteiger partial charge in [-0.1, -0.05) is 0 Å². The van der Waals surface area contributed by atoms with Gasteiger partial charge in [0.2, 0.25) is 11.8 Å². The summed E-state index contributed by atoms with van der Waals surface area (Å²) >= 11 is 0. The molecule has 4 rings (SSSR count). The number of nitrogens with zero attached hydrogens (tertiary/aromatic N) is 6. The smallest absolute Gasteiger partial charge is 0.269 e. The summed E-state index contributed by atoms with van der Waals surface area (Å²) in [6, 6.07) is 12.9. The van der Waals surface area contributed by atoms with Crippen LogP contribution in [0, 0.1) is 20.2 Å². The standard InChI is InChI=1S/C26H32N6O6/c33-25(29-17-13-27(14-18-29)21-5-9-23(10-6-21)31(35)36)3-1-2-4-26(34)30-19-15-28(16-20-30)22-7-11-24(12-8-22)32(37)38/h5-12H,1-4,13-20H2. The Balaban J connectivity index is 1.11. The molecular weight excluding hydrogens is 492 g/mol. The summed E-state index contributed by atoms with van der Waals surface area (Å²) < 4.78 is 0. The van der Waals surface area contributed by atoms with Crippen LogP contribution in [0.1, 0.15) is 25.7 Å². The molecule has 12 heteroatoms. The molecule has 0 aromatic heterocycles. The fourth-order valence-electron chi connectivity index (χ4n) is 4.87. The fourth-order valence-corrected chi connectivity index (χ4v) is 4.87. The molecule has 202 valence electrons. The monoisotopic (exact) mass is 524 g/mol. The average molecular weight is 525 g/mol. The van der Waals surface area contributed by atoms with Crippen LogP contribution in [0.4, 0.5) is 22.7 Å². The number of nitro groups is 2. The SMILES string of the molecule is O=C(CCCCC(=O)N1CCN(c2ccc([N+](=O)[O-])cc2)CC1)N1CCN(c2ccc([N+](=O)[O-])cc2)CC1. The van der Waals surface area contributed by atoms with Crippen LogP contribution in [0.25, 0.3) is 0 Å². The predicted molar refractivity (Wildman–Crippen MR) is 142 cm³/mol. The van der Waals surface area contributed by atoms with E-state index in [1.165, 1.54) is 24.3 Å². The second-order valence-corrected chi connectivity index (χ2v) is 9.49. The number of non-ortho nitro benzene ring substituents is 2. The molecule has 2 aromatic carbocycles. The maximum Gasteiger partial charge on any atom is 0.269 e. The summed E-state index contributed by atoms with van der Waals surface area (Å²) in [5.74, 6) is 0.190. The predicted octanol–water partition coefficient (Wildman–Crippen LogP) is 3.06. The number of carbonyl (C=O) groups excluding carboxylic acids is 2. The Morgan fingerprint density at radius 3 is 1.18 bits per heavy atom. The number of piperazine rings is 2. The van der Waals surface area contributed by atoms with Crippen molar-refractivity contribution in [1.29, 1.82) is 0 Å². The Hall–Kier alpha value is -4.22. The van der Waals surface area contributed by atoms with Crippen LogP contribution in [-0.4, -0.2) is 83.8 Å². The van der Waals surface area contributed by atoms with E-state index in [0.717, 1.165) is 11.4 Å². The summed E-state index contributed by atoms with van der Waals surface area (Å²) in [4.78, 5) is 54.0. The van der Waals surface area contributed by atoms with Crippen molar-refractivity contribution in [2.75, 3.05) is 62.2 Å². The van der Waals surface area contributed by atoms with Crippen molar-refractivity contribution >= 4 is 34.6 Å². The normalized spacial score (nSPS) is 15.9. The van der Waals surface area contributed by atoms with Crippen molar-refractivity contribution in [2.24, 2.45) is 0 Å². The summed E-state index contributed by atoms with van der Waals surface area (Å²) in [5, 5.41) is 21.7. The van der Waals surface area contributed by atoms with E-state index >= 15 is 0 Å². The lowest BCUT2D eigenvalue weighted by molar-refractivity contribution is -0.385. The number of rotatable bonds is 9. The van der Waals surface area contributed by atoms with Gasteiger partial charge in [-0.2, -0.15) is 0 Å². The van der Waals surface area contributed by atoms with Gasteiger partial charge in [-0.05, 0) is 37.1 Å². The molecule has 0 aliphatic carbocycles. The molecule has 2 amide bonds. The number of benzene rings is 2. The lowest BCUT2D eigenvalue weighted by atomic mass is 10.1. The zero-order chi connectivity index (χ0) is 27.1. The number of hydrogen-bond donors (Lipinski definition) is 0. The lowest BCUT2D eigenvalue weighted by Gasteiger charge is -2.36. The molecule has 2 fully saturated rings. The molecule has 0 unspecified atom stereocenters. The maximum atomic E-state index is 12.6. The Labute approximate surface area is 220 Å². The molecule has 0 N–H and O–H groups in total. The zero-order valence-electron chi connectivity index (χ0n) is 21.2. The number of hydrogen-bond acceptors (Lipinski definition) is 8. The Morgan fingerprint density at radius 2 is 0.895 bits per heavy atom. The largest absolute Gasteiger partial charge is 0.368 e. The highest BCUT2D eigenvalue weighted by Gasteiger charge is 2.23. The number of carbonyl (C=O) groups is 2. The quantitative estimate of drug-likeness (QED) is 0.278. The van der Waals surface area contributed by atoms with E-state index in [-0.39, 0.29) is 23.2 Å². The highest BCUT2D eigenvalue weighted by atomic mass is 16.6. The van der Waals surface area contributed by atoms with Crippen LogP contribution < -0.4 is 9.80 Å². The number of nitro benzene ring substituents is 2. The fraction of sp³-hybridized carbons (Fsp3) is 0.462. The van der Waals surface area contributed by atoms with Crippen molar-refractivity contribution in [1.82, 2.24) is 9.80 Å². The molecule has 2 aliphatic heterocycles. The van der Waals surface area contributed by atoms with Crippen LogP contribution >= 0.6 is 0 Å². The van der Waals surface area contributed by atoms with E-state index in [0.29, 0.717) is 78.0 Å². The second-order valence-electron chi connectivity index (χ2n) is 9.49. The van der Waals surface area contributed by atoms with Gasteiger partial charge in [-0.25, -0.2) is 0 Å². The van der Waals surface area contributed by atoms with Crippen LogP contribution in [0.15, 0.2) is 48.5 Å². The summed E-state index contributed by atoms with van der Waals surface area (Å²) in [6.07, 6.45) is 2.16. The molecule has 0 radical (unpaired) electrons. The Bertz CT molecular complexity index is 1050. The minimum atomic E-state index is -0.418. The van der Waals surface area contributed by atoms with Crippen molar-refractivity contribution in [3.05, 3.63) is 68.8 Å². The molecule has 0 bridgehead atoms. The van der Waals surface area contributed by atoms with Gasteiger partial charge in [-0.15, -0.1) is 0 Å². The van der Waals surface area contributed by atoms with Crippen LogP contribution in [0.3, 0.4) is 0 Å². The van der Waals surface area contributed by atoms with Gasteiger partial charge in [0.1, 0.15) is 0 Å². The molecule has 0 atom stereocenters. The minimum Gasteiger partial charge on any atom is -0.368 e. The van der Waals surface area contributed by atoms with Gasteiger partial charge < -0.3 is 19.6 Å². The first-order chi connectivity index (χ1) is 18.3. The highest BCUT2D eigenvalue weighted by Crippen LogP contribution is 2.22. The van der Waals surface area contributed by atoms with Crippen LogP contribution in [-0.2, 0) is 9.59 Å². The molecule has 2 aliphatic rings. The number of anilines is 2. The Morgan fingerprint density at radius 1 is 0.579 bits per heavy atom. The zero-order valence-corrected chi connectivity index (χ0v) is 21.2. The van der Waals surface area contributed by atoms with Crippen LogP contribution in [0.2, 0.25) is 0 Å². The molecule has 2 saturated heterocycles. The molecule has 12 nitrogen and oxygen atoms in total. The first-order valence-corrected chi connectivity index (χ1v) is 12.9. The van der Waals surface area contributed by atoms with E-state index in [9.17, 15) is 29.8 Å². The van der Waals surface area contributed by atoms with E-state index in [1.807, 2.05) is 9.80 Å². The lowest BCUT2D eigenvalue weighted by Crippen LogP contribution is -2.49. The first kappa shape index (κ1) is 26.8. The van der Waals surface area contributed by atoms with Crippen molar-refractivity contribution in [2.45, 2.75) is 25.7 Å². The summed E-state index contributed by atoms with van der Waals surface area (Å²) in [7, 11) is 0. The van der Waals surface area contributed by atoms with Gasteiger partial charge in [0, 0.05) is 101 Å². The first-order valence-electron chi connectivity index (χ1n) is 12.9. The van der Waals surface area contributed by atoms with E-state index in [1.54, 1.807) is 24.3 Å². The average Bonchev–Trinajstić information content (AvgIpc) is 2.95. The van der Waals surface area contributed by atoms with Gasteiger partial charge in [0.25, 0.3) is 11.4 Å². The van der Waals surface area contributed by atoms with Crippen LogP contribution in [0.5, 0.6) is 0 Å². The Kier molecular flexibility index (Phi) is 8.72. The van der Waals surface area contributed by atoms with E-state index < -0.39 is 9.85 Å². The van der Waals surface area contributed by atoms with Crippen molar-refractivity contribution < 1.29 is 19.4 Å². The maximum absolute atomic E-state index is 12.6. The number of amides is 2. The molecule has 38 heavy (non-hydrogen) atoms. The second kappa shape index (κ2) is 12.3. The molecule has 0 spiro atoms. The highest BCUT2D eigenvalue weighted by molar-refractivity contribution is 5.78. The van der Waals surface area contributed by atoms with Gasteiger partial charge in [0.15, 0.2) is 0 Å². The third kappa shape index (κ3) is 6.75. The number of unbranched alkanes of at least 4 members (excludes halogenated alkanes) is 1. The van der Waals surface area contributed by atoms with E-state index in [4.69, 9.17) is 0 Å². The minimum absolute atomic E-state index is 0.0607. The van der Waals surface area contributed by atoms with Gasteiger partial charge in [0.05, 0.1) is 9.85 Å². The third-order valence-electron chi connectivity index (χ3n) is 7.15. The van der Waals surface area contributed by atoms with E-state index in [2.05, 4.69) is 9.80 Å². The topological polar surface area (TPSA) is 133 Å². The molecular formula is C26H32N6O6. The van der Waals surface area contributed by atoms with Gasteiger partial charge >= 0.3 is 0 Å². The molecule has 2 aromatic rings. The van der Waals surface area contributed by atoms with Gasteiger partial charge in [-0.3, -0.25) is 29.8 Å². The summed E-state index contributed by atoms with van der Waals surface area (Å²) in [6.45, 7) is 5.12. The van der Waals surface area contributed by atoms with Crippen molar-refractivity contribution in [3.63, 3.8) is 0 Å². The molecule has 0 saturated carbocycles. The third-order valence-corrected chi connectivity index (χ3v) is 7.15.